The number of halogens is 1. The number of anilines is 2. The largest absolute Gasteiger partial charge is 0.496 e. The van der Waals surface area contributed by atoms with Gasteiger partial charge in [0.1, 0.15) is 17.4 Å². The highest BCUT2D eigenvalue weighted by molar-refractivity contribution is 5.73. The number of benzene rings is 2. The van der Waals surface area contributed by atoms with Crippen molar-refractivity contribution in [1.29, 1.82) is 0 Å². The molecule has 0 saturated heterocycles. The lowest BCUT2D eigenvalue weighted by Gasteiger charge is -2.11. The van der Waals surface area contributed by atoms with Crippen LogP contribution in [0.2, 0.25) is 0 Å². The standard InChI is InChI=1S/C18H15FN2O/c1-22-17-12-14(19)7-8-16(17)13-9-10-20-18(11-13)21-15-5-3-2-4-6-15/h2-12H,1H3,(H,20,21). The number of hydrogen-bond acceptors (Lipinski definition) is 3. The summed E-state index contributed by atoms with van der Waals surface area (Å²) in [6.07, 6.45) is 1.71. The molecule has 0 radical (unpaired) electrons. The Hall–Kier alpha value is -2.88. The average molecular weight is 294 g/mol. The topological polar surface area (TPSA) is 34.1 Å². The minimum atomic E-state index is -0.322. The van der Waals surface area contributed by atoms with Gasteiger partial charge in [-0.05, 0) is 42.0 Å². The Kier molecular flexibility index (Phi) is 4.01. The Bertz CT molecular complexity index is 775. The second kappa shape index (κ2) is 6.26. The molecule has 0 unspecified atom stereocenters. The number of hydrogen-bond donors (Lipinski definition) is 1. The smallest absolute Gasteiger partial charge is 0.130 e. The van der Waals surface area contributed by atoms with Crippen LogP contribution >= 0.6 is 0 Å². The maximum absolute atomic E-state index is 13.3. The predicted molar refractivity (Wildman–Crippen MR) is 85.9 cm³/mol. The molecule has 3 nitrogen and oxygen atoms in total. The summed E-state index contributed by atoms with van der Waals surface area (Å²) in [4.78, 5) is 4.31. The van der Waals surface area contributed by atoms with Gasteiger partial charge in [0, 0.05) is 23.5 Å². The molecule has 0 bridgehead atoms. The summed E-state index contributed by atoms with van der Waals surface area (Å²) in [7, 11) is 1.53. The summed E-state index contributed by atoms with van der Waals surface area (Å²) in [5, 5.41) is 3.24. The lowest BCUT2D eigenvalue weighted by Crippen LogP contribution is -1.94. The van der Waals surface area contributed by atoms with Crippen LogP contribution in [-0.2, 0) is 0 Å². The maximum atomic E-state index is 13.3. The maximum Gasteiger partial charge on any atom is 0.130 e. The van der Waals surface area contributed by atoms with E-state index in [2.05, 4.69) is 10.3 Å². The summed E-state index contributed by atoms with van der Waals surface area (Å²) in [6, 6.07) is 18.1. The van der Waals surface area contributed by atoms with E-state index in [1.807, 2.05) is 42.5 Å². The molecule has 0 fully saturated rings. The first-order valence-electron chi connectivity index (χ1n) is 6.88. The number of methoxy groups -OCH3 is 1. The van der Waals surface area contributed by atoms with Gasteiger partial charge in [-0.15, -0.1) is 0 Å². The molecular weight excluding hydrogens is 279 g/mol. The van der Waals surface area contributed by atoms with Crippen LogP contribution in [0.1, 0.15) is 0 Å². The van der Waals surface area contributed by atoms with Crippen molar-refractivity contribution in [1.82, 2.24) is 4.98 Å². The van der Waals surface area contributed by atoms with E-state index in [1.165, 1.54) is 19.2 Å². The molecule has 3 aromatic rings. The summed E-state index contributed by atoms with van der Waals surface area (Å²) in [5.41, 5.74) is 2.69. The second-order valence-corrected chi connectivity index (χ2v) is 4.77. The zero-order valence-electron chi connectivity index (χ0n) is 12.1. The molecule has 0 aliphatic heterocycles. The van der Waals surface area contributed by atoms with Gasteiger partial charge in [-0.1, -0.05) is 18.2 Å². The van der Waals surface area contributed by atoms with Crippen molar-refractivity contribution in [2.75, 3.05) is 12.4 Å². The molecule has 1 N–H and O–H groups in total. The van der Waals surface area contributed by atoms with Gasteiger partial charge in [-0.3, -0.25) is 0 Å². The van der Waals surface area contributed by atoms with Gasteiger partial charge in [0.05, 0.1) is 7.11 Å². The van der Waals surface area contributed by atoms with Crippen LogP contribution in [0.25, 0.3) is 11.1 Å². The summed E-state index contributed by atoms with van der Waals surface area (Å²) < 4.78 is 18.6. The van der Waals surface area contributed by atoms with Gasteiger partial charge < -0.3 is 10.1 Å². The Morgan fingerprint density at radius 2 is 1.82 bits per heavy atom. The van der Waals surface area contributed by atoms with Crippen LogP contribution in [0.15, 0.2) is 66.9 Å². The highest BCUT2D eigenvalue weighted by atomic mass is 19.1. The minimum Gasteiger partial charge on any atom is -0.496 e. The summed E-state index contributed by atoms with van der Waals surface area (Å²) >= 11 is 0. The van der Waals surface area contributed by atoms with Crippen LogP contribution in [0.5, 0.6) is 5.75 Å². The van der Waals surface area contributed by atoms with E-state index in [1.54, 1.807) is 12.3 Å². The van der Waals surface area contributed by atoms with Gasteiger partial charge >= 0.3 is 0 Å². The lowest BCUT2D eigenvalue weighted by molar-refractivity contribution is 0.413. The van der Waals surface area contributed by atoms with Gasteiger partial charge in [-0.25, -0.2) is 9.37 Å². The van der Waals surface area contributed by atoms with Crippen LogP contribution in [0, 0.1) is 5.82 Å². The first-order valence-corrected chi connectivity index (χ1v) is 6.88. The van der Waals surface area contributed by atoms with Crippen molar-refractivity contribution < 1.29 is 9.13 Å². The third-order valence-corrected chi connectivity index (χ3v) is 3.28. The summed E-state index contributed by atoms with van der Waals surface area (Å²) in [6.45, 7) is 0. The van der Waals surface area contributed by atoms with Crippen molar-refractivity contribution in [3.05, 3.63) is 72.7 Å². The van der Waals surface area contributed by atoms with E-state index in [4.69, 9.17) is 4.74 Å². The molecule has 1 aromatic heterocycles. The Balaban J connectivity index is 1.94. The zero-order valence-corrected chi connectivity index (χ0v) is 12.1. The highest BCUT2D eigenvalue weighted by Gasteiger charge is 2.08. The molecular formula is C18H15FN2O. The molecule has 0 atom stereocenters. The summed E-state index contributed by atoms with van der Waals surface area (Å²) in [5.74, 6) is 0.893. The number of pyridine rings is 1. The van der Waals surface area contributed by atoms with E-state index in [-0.39, 0.29) is 5.82 Å². The predicted octanol–water partition coefficient (Wildman–Crippen LogP) is 4.64. The van der Waals surface area contributed by atoms with E-state index in [0.29, 0.717) is 5.75 Å². The Morgan fingerprint density at radius 1 is 1.00 bits per heavy atom. The SMILES string of the molecule is COc1cc(F)ccc1-c1ccnc(Nc2ccccc2)c1. The van der Waals surface area contributed by atoms with E-state index >= 15 is 0 Å². The Morgan fingerprint density at radius 3 is 2.59 bits per heavy atom. The van der Waals surface area contributed by atoms with Gasteiger partial charge in [0.25, 0.3) is 0 Å². The Labute approximate surface area is 128 Å². The third-order valence-electron chi connectivity index (χ3n) is 3.28. The fourth-order valence-corrected chi connectivity index (χ4v) is 2.24. The molecule has 4 heteroatoms. The number of nitrogens with zero attached hydrogens (tertiary/aromatic N) is 1. The normalized spacial score (nSPS) is 10.3. The second-order valence-electron chi connectivity index (χ2n) is 4.77. The molecule has 0 aliphatic carbocycles. The third kappa shape index (κ3) is 3.06. The van der Waals surface area contributed by atoms with Crippen LogP contribution < -0.4 is 10.1 Å². The van der Waals surface area contributed by atoms with Crippen molar-refractivity contribution in [2.24, 2.45) is 0 Å². The van der Waals surface area contributed by atoms with E-state index < -0.39 is 0 Å². The van der Waals surface area contributed by atoms with Crippen LogP contribution in [-0.4, -0.2) is 12.1 Å². The number of ether oxygens (including phenoxy) is 1. The van der Waals surface area contributed by atoms with Gasteiger partial charge in [-0.2, -0.15) is 0 Å². The van der Waals surface area contributed by atoms with Crippen LogP contribution in [0.3, 0.4) is 0 Å². The van der Waals surface area contributed by atoms with Crippen molar-refractivity contribution in [3.8, 4) is 16.9 Å². The molecule has 0 aliphatic rings. The number of rotatable bonds is 4. The molecule has 22 heavy (non-hydrogen) atoms. The monoisotopic (exact) mass is 294 g/mol. The molecule has 0 spiro atoms. The molecule has 1 heterocycles. The first-order chi connectivity index (χ1) is 10.8. The number of para-hydroxylation sites is 1. The molecule has 110 valence electrons. The molecule has 2 aromatic carbocycles. The fourth-order valence-electron chi connectivity index (χ4n) is 2.24. The molecule has 3 rings (SSSR count). The lowest BCUT2D eigenvalue weighted by atomic mass is 10.1. The van der Waals surface area contributed by atoms with E-state index in [9.17, 15) is 4.39 Å². The van der Waals surface area contributed by atoms with Crippen molar-refractivity contribution in [3.63, 3.8) is 0 Å². The first kappa shape index (κ1) is 14.1. The minimum absolute atomic E-state index is 0.322. The average Bonchev–Trinajstić information content (AvgIpc) is 2.56. The van der Waals surface area contributed by atoms with Crippen molar-refractivity contribution >= 4 is 11.5 Å². The van der Waals surface area contributed by atoms with E-state index in [0.717, 1.165) is 22.6 Å². The molecule has 0 saturated carbocycles. The number of nitrogens with one attached hydrogen (secondary N) is 1. The highest BCUT2D eigenvalue weighted by Crippen LogP contribution is 2.31. The van der Waals surface area contributed by atoms with Crippen LogP contribution in [0.4, 0.5) is 15.9 Å². The van der Waals surface area contributed by atoms with Crippen molar-refractivity contribution in [2.45, 2.75) is 0 Å². The van der Waals surface area contributed by atoms with Gasteiger partial charge in [0.2, 0.25) is 0 Å². The van der Waals surface area contributed by atoms with Gasteiger partial charge in [0.15, 0.2) is 0 Å². The molecule has 0 amide bonds. The fraction of sp³-hybridized carbons (Fsp3) is 0.0556. The number of aromatic nitrogens is 1. The zero-order chi connectivity index (χ0) is 15.4. The quantitative estimate of drug-likeness (QED) is 0.761.